The van der Waals surface area contributed by atoms with Crippen molar-refractivity contribution in [1.82, 2.24) is 9.97 Å². The molecule has 0 aromatic carbocycles. The van der Waals surface area contributed by atoms with Gasteiger partial charge in [0.2, 0.25) is 0 Å². The van der Waals surface area contributed by atoms with Crippen molar-refractivity contribution in [3.05, 3.63) is 51.2 Å². The fraction of sp³-hybridized carbons (Fsp3) is 0.316. The number of aromatic nitrogens is 2. The quantitative estimate of drug-likeness (QED) is 0.522. The predicted octanol–water partition coefficient (Wildman–Crippen LogP) is 4.67. The number of allylic oxidation sites excluding steroid dienone is 2. The van der Waals surface area contributed by atoms with E-state index in [0.29, 0.717) is 22.5 Å². The molecule has 3 aromatic heterocycles. The van der Waals surface area contributed by atoms with Gasteiger partial charge in [-0.1, -0.05) is 18.2 Å². The van der Waals surface area contributed by atoms with Gasteiger partial charge in [-0.25, -0.2) is 4.98 Å². The Morgan fingerprint density at radius 1 is 1.38 bits per heavy atom. The summed E-state index contributed by atoms with van der Waals surface area (Å²) in [6, 6.07) is 3.95. The van der Waals surface area contributed by atoms with Gasteiger partial charge in [0.15, 0.2) is 11.9 Å². The number of hydrogen-bond donors (Lipinski definition) is 1. The summed E-state index contributed by atoms with van der Waals surface area (Å²) in [6.07, 6.45) is 5.93. The molecular formula is C19H18N2O3S2. The van der Waals surface area contributed by atoms with Crippen molar-refractivity contribution in [2.45, 2.75) is 32.3 Å². The molecule has 0 spiro atoms. The van der Waals surface area contributed by atoms with Crippen LogP contribution >= 0.6 is 22.7 Å². The summed E-state index contributed by atoms with van der Waals surface area (Å²) in [5, 5.41) is 4.53. The SMILES string of the molecule is C[C@H](OC(=O)[C@H]1CC=CCC1)c1nc2scc(-c3cccs3)c2c(=O)[nH]1. The third-order valence-electron chi connectivity index (χ3n) is 4.53. The van der Waals surface area contributed by atoms with E-state index in [0.717, 1.165) is 23.3 Å². The standard InChI is InChI=1S/C19H18N2O3S2/c1-11(24-19(23)12-6-3-2-4-7-12)16-20-17(22)15-13(10-26-18(15)21-16)14-8-5-9-25-14/h2-3,5,8-12H,4,6-7H2,1H3,(H,20,21,22)/t11-,12-/m0/s1. The van der Waals surface area contributed by atoms with Gasteiger partial charge in [-0.05, 0) is 37.6 Å². The summed E-state index contributed by atoms with van der Waals surface area (Å²) in [7, 11) is 0. The number of carbonyl (C=O) groups excluding carboxylic acids is 1. The fourth-order valence-corrected chi connectivity index (χ4v) is 4.87. The van der Waals surface area contributed by atoms with Crippen molar-refractivity contribution in [1.29, 1.82) is 0 Å². The van der Waals surface area contributed by atoms with Gasteiger partial charge in [-0.2, -0.15) is 0 Å². The van der Waals surface area contributed by atoms with Gasteiger partial charge in [-0.3, -0.25) is 9.59 Å². The van der Waals surface area contributed by atoms with Crippen LogP contribution in [0, 0.1) is 5.92 Å². The van der Waals surface area contributed by atoms with Gasteiger partial charge in [0.05, 0.1) is 11.3 Å². The molecule has 1 aliphatic carbocycles. The number of hydrogen-bond acceptors (Lipinski definition) is 6. The lowest BCUT2D eigenvalue weighted by molar-refractivity contribution is -0.154. The molecule has 2 atom stereocenters. The van der Waals surface area contributed by atoms with E-state index in [-0.39, 0.29) is 17.4 Å². The van der Waals surface area contributed by atoms with Crippen LogP contribution in [0.3, 0.4) is 0 Å². The Bertz CT molecular complexity index is 1020. The smallest absolute Gasteiger partial charge is 0.309 e. The Kier molecular flexibility index (Phi) is 4.74. The monoisotopic (exact) mass is 386 g/mol. The van der Waals surface area contributed by atoms with E-state index in [2.05, 4.69) is 16.0 Å². The molecule has 0 bridgehead atoms. The Morgan fingerprint density at radius 2 is 2.27 bits per heavy atom. The summed E-state index contributed by atoms with van der Waals surface area (Å²) < 4.78 is 5.56. The first-order valence-corrected chi connectivity index (χ1v) is 10.3. The minimum Gasteiger partial charge on any atom is -0.454 e. The second kappa shape index (κ2) is 7.17. The number of rotatable bonds is 4. The first-order chi connectivity index (χ1) is 12.6. The van der Waals surface area contributed by atoms with E-state index in [1.165, 1.54) is 11.3 Å². The topological polar surface area (TPSA) is 72.0 Å². The molecular weight excluding hydrogens is 368 g/mol. The maximum Gasteiger partial charge on any atom is 0.309 e. The van der Waals surface area contributed by atoms with Crippen molar-refractivity contribution in [3.63, 3.8) is 0 Å². The van der Waals surface area contributed by atoms with Crippen LogP contribution in [0.15, 0.2) is 39.8 Å². The van der Waals surface area contributed by atoms with Gasteiger partial charge < -0.3 is 9.72 Å². The zero-order valence-corrected chi connectivity index (χ0v) is 15.9. The largest absolute Gasteiger partial charge is 0.454 e. The molecule has 26 heavy (non-hydrogen) atoms. The lowest BCUT2D eigenvalue weighted by atomic mass is 9.95. The van der Waals surface area contributed by atoms with Gasteiger partial charge in [0.25, 0.3) is 5.56 Å². The third-order valence-corrected chi connectivity index (χ3v) is 6.30. The summed E-state index contributed by atoms with van der Waals surface area (Å²) in [4.78, 5) is 34.0. The lowest BCUT2D eigenvalue weighted by Crippen LogP contribution is -2.22. The van der Waals surface area contributed by atoms with Crippen LogP contribution in [-0.2, 0) is 9.53 Å². The highest BCUT2D eigenvalue weighted by Gasteiger charge is 2.24. The van der Waals surface area contributed by atoms with E-state index in [1.54, 1.807) is 18.3 Å². The summed E-state index contributed by atoms with van der Waals surface area (Å²) in [5.41, 5.74) is 0.706. The van der Waals surface area contributed by atoms with Gasteiger partial charge >= 0.3 is 5.97 Å². The number of thiophene rings is 2. The number of esters is 1. The average molecular weight is 386 g/mol. The second-order valence-corrected chi connectivity index (χ2v) is 8.12. The van der Waals surface area contributed by atoms with E-state index >= 15 is 0 Å². The fourth-order valence-electron chi connectivity index (χ4n) is 3.11. The first kappa shape index (κ1) is 17.2. The predicted molar refractivity (Wildman–Crippen MR) is 105 cm³/mol. The molecule has 4 rings (SSSR count). The Morgan fingerprint density at radius 3 is 3.00 bits per heavy atom. The number of aromatic amines is 1. The number of carbonyl (C=O) groups is 1. The van der Waals surface area contributed by atoms with Crippen LogP contribution in [0.4, 0.5) is 0 Å². The van der Waals surface area contributed by atoms with Crippen molar-refractivity contribution >= 4 is 38.9 Å². The van der Waals surface area contributed by atoms with Crippen molar-refractivity contribution in [2.24, 2.45) is 5.92 Å². The summed E-state index contributed by atoms with van der Waals surface area (Å²) in [6.45, 7) is 1.74. The molecule has 0 amide bonds. The molecule has 3 heterocycles. The van der Waals surface area contributed by atoms with Gasteiger partial charge in [0, 0.05) is 15.8 Å². The van der Waals surface area contributed by atoms with Crippen LogP contribution in [0.25, 0.3) is 20.7 Å². The van der Waals surface area contributed by atoms with E-state index in [9.17, 15) is 9.59 Å². The minimum absolute atomic E-state index is 0.106. The van der Waals surface area contributed by atoms with Crippen LogP contribution in [0.1, 0.15) is 38.1 Å². The van der Waals surface area contributed by atoms with Crippen LogP contribution in [0.2, 0.25) is 0 Å². The van der Waals surface area contributed by atoms with E-state index in [1.807, 2.05) is 29.0 Å². The molecule has 1 N–H and O–H groups in total. The molecule has 0 saturated carbocycles. The second-order valence-electron chi connectivity index (χ2n) is 6.32. The number of fused-ring (bicyclic) bond motifs is 1. The number of ether oxygens (including phenoxy) is 1. The average Bonchev–Trinajstić information content (AvgIpc) is 3.31. The lowest BCUT2D eigenvalue weighted by Gasteiger charge is -2.19. The van der Waals surface area contributed by atoms with Crippen LogP contribution in [-0.4, -0.2) is 15.9 Å². The van der Waals surface area contributed by atoms with E-state index in [4.69, 9.17) is 4.74 Å². The molecule has 0 radical (unpaired) electrons. The number of nitrogens with zero attached hydrogens (tertiary/aromatic N) is 1. The molecule has 3 aromatic rings. The zero-order chi connectivity index (χ0) is 18.1. The molecule has 0 saturated heterocycles. The van der Waals surface area contributed by atoms with Gasteiger partial charge in [0.1, 0.15) is 4.83 Å². The van der Waals surface area contributed by atoms with Crippen molar-refractivity contribution in [3.8, 4) is 10.4 Å². The molecule has 0 fully saturated rings. The molecule has 7 heteroatoms. The Balaban J connectivity index is 1.60. The van der Waals surface area contributed by atoms with E-state index < -0.39 is 6.10 Å². The molecule has 134 valence electrons. The highest BCUT2D eigenvalue weighted by Crippen LogP contribution is 2.34. The summed E-state index contributed by atoms with van der Waals surface area (Å²) >= 11 is 3.02. The van der Waals surface area contributed by atoms with Crippen molar-refractivity contribution < 1.29 is 9.53 Å². The number of nitrogens with one attached hydrogen (secondary N) is 1. The maximum atomic E-state index is 12.6. The highest BCUT2D eigenvalue weighted by atomic mass is 32.1. The Labute approximate surface area is 158 Å². The number of H-pyrrole nitrogens is 1. The molecule has 0 unspecified atom stereocenters. The van der Waals surface area contributed by atoms with Crippen LogP contribution in [0.5, 0.6) is 0 Å². The molecule has 5 nitrogen and oxygen atoms in total. The normalized spacial score (nSPS) is 18.1. The van der Waals surface area contributed by atoms with Gasteiger partial charge in [-0.15, -0.1) is 22.7 Å². The first-order valence-electron chi connectivity index (χ1n) is 8.54. The molecule has 0 aliphatic heterocycles. The molecule has 1 aliphatic rings. The van der Waals surface area contributed by atoms with Crippen LogP contribution < -0.4 is 5.56 Å². The summed E-state index contributed by atoms with van der Waals surface area (Å²) in [5.74, 6) is 0.0573. The third kappa shape index (κ3) is 3.24. The minimum atomic E-state index is -0.585. The maximum absolute atomic E-state index is 12.6. The zero-order valence-electron chi connectivity index (χ0n) is 14.2. The Hall–Kier alpha value is -2.25. The highest BCUT2D eigenvalue weighted by molar-refractivity contribution is 7.18. The van der Waals surface area contributed by atoms with Crippen molar-refractivity contribution in [2.75, 3.05) is 0 Å².